The number of rotatable bonds is 7. The predicted molar refractivity (Wildman–Crippen MR) is 132 cm³/mol. The lowest BCUT2D eigenvalue weighted by molar-refractivity contribution is -0.115. The average Bonchev–Trinajstić information content (AvgIpc) is 3.30. The summed E-state index contributed by atoms with van der Waals surface area (Å²) in [6.45, 7) is 1.83. The molecule has 0 radical (unpaired) electrons. The third kappa shape index (κ3) is 6.06. The SMILES string of the molecule is CC(Sc1ccc(NC(=O)c2ccc(F)cc2)cc1)C(=O)Nc1nc(-c2ccccc2)cs1. The van der Waals surface area contributed by atoms with Gasteiger partial charge in [-0.05, 0) is 55.5 Å². The van der Waals surface area contributed by atoms with Crippen LogP contribution in [0.15, 0.2) is 89.1 Å². The Morgan fingerprint density at radius 3 is 2.33 bits per heavy atom. The first kappa shape index (κ1) is 22.7. The van der Waals surface area contributed by atoms with Crippen LogP contribution < -0.4 is 10.6 Å². The number of hydrogen-bond donors (Lipinski definition) is 2. The zero-order valence-electron chi connectivity index (χ0n) is 17.6. The minimum Gasteiger partial charge on any atom is -0.322 e. The van der Waals surface area contributed by atoms with Gasteiger partial charge in [-0.25, -0.2) is 9.37 Å². The summed E-state index contributed by atoms with van der Waals surface area (Å²) in [4.78, 5) is 30.2. The molecule has 1 aromatic heterocycles. The maximum Gasteiger partial charge on any atom is 0.255 e. The molecule has 2 amide bonds. The maximum atomic E-state index is 13.0. The normalized spacial score (nSPS) is 11.6. The van der Waals surface area contributed by atoms with E-state index in [1.807, 2.05) is 54.8 Å². The second-order valence-corrected chi connectivity index (χ2v) is 9.41. The lowest BCUT2D eigenvalue weighted by atomic mass is 10.2. The second kappa shape index (κ2) is 10.4. The summed E-state index contributed by atoms with van der Waals surface area (Å²) in [5.74, 6) is -0.846. The zero-order chi connectivity index (χ0) is 23.2. The van der Waals surface area contributed by atoms with E-state index in [1.165, 1.54) is 47.4 Å². The van der Waals surface area contributed by atoms with Crippen LogP contribution >= 0.6 is 23.1 Å². The van der Waals surface area contributed by atoms with Crippen molar-refractivity contribution < 1.29 is 14.0 Å². The van der Waals surface area contributed by atoms with Gasteiger partial charge in [0.1, 0.15) is 5.82 Å². The van der Waals surface area contributed by atoms with Gasteiger partial charge in [-0.3, -0.25) is 9.59 Å². The van der Waals surface area contributed by atoms with Crippen molar-refractivity contribution in [1.82, 2.24) is 4.98 Å². The largest absolute Gasteiger partial charge is 0.322 e. The van der Waals surface area contributed by atoms with Crippen molar-refractivity contribution in [3.8, 4) is 11.3 Å². The summed E-state index contributed by atoms with van der Waals surface area (Å²) in [7, 11) is 0. The molecule has 1 unspecified atom stereocenters. The third-order valence-corrected chi connectivity index (χ3v) is 6.57. The molecule has 0 aliphatic carbocycles. The molecular weight excluding hydrogens is 457 g/mol. The Morgan fingerprint density at radius 2 is 1.64 bits per heavy atom. The van der Waals surface area contributed by atoms with Crippen molar-refractivity contribution in [3.05, 3.63) is 95.6 Å². The molecule has 0 bridgehead atoms. The molecule has 5 nitrogen and oxygen atoms in total. The van der Waals surface area contributed by atoms with Crippen molar-refractivity contribution in [3.63, 3.8) is 0 Å². The standard InChI is InChI=1S/C25H20FN3O2S2/c1-16(23(30)29-25-28-22(15-32-25)17-5-3-2-4-6-17)33-21-13-11-20(12-14-21)27-24(31)18-7-9-19(26)10-8-18/h2-16H,1H3,(H,27,31)(H,28,29,30). The van der Waals surface area contributed by atoms with Gasteiger partial charge < -0.3 is 10.6 Å². The van der Waals surface area contributed by atoms with E-state index in [-0.39, 0.29) is 17.1 Å². The number of nitrogens with one attached hydrogen (secondary N) is 2. The number of carbonyl (C=O) groups is 2. The topological polar surface area (TPSA) is 71.1 Å². The molecule has 0 saturated carbocycles. The number of amides is 2. The Kier molecular flexibility index (Phi) is 7.16. The van der Waals surface area contributed by atoms with Crippen LogP contribution in [0.4, 0.5) is 15.2 Å². The number of hydrogen-bond acceptors (Lipinski definition) is 5. The fourth-order valence-corrected chi connectivity index (χ4v) is 4.55. The number of anilines is 2. The molecule has 33 heavy (non-hydrogen) atoms. The Hall–Kier alpha value is -3.49. The Labute approximate surface area is 199 Å². The molecule has 1 heterocycles. The number of thiazole rings is 1. The summed E-state index contributed by atoms with van der Waals surface area (Å²) < 4.78 is 13.0. The van der Waals surface area contributed by atoms with Crippen LogP contribution in [0.25, 0.3) is 11.3 Å². The Balaban J connectivity index is 1.31. The highest BCUT2D eigenvalue weighted by atomic mass is 32.2. The highest BCUT2D eigenvalue weighted by molar-refractivity contribution is 8.00. The van der Waals surface area contributed by atoms with E-state index in [1.54, 1.807) is 12.1 Å². The molecule has 0 fully saturated rings. The number of thioether (sulfide) groups is 1. The van der Waals surface area contributed by atoms with Crippen LogP contribution in [0.5, 0.6) is 0 Å². The first-order valence-corrected chi connectivity index (χ1v) is 11.9. The predicted octanol–water partition coefficient (Wildman–Crippen LogP) is 6.32. The van der Waals surface area contributed by atoms with Crippen LogP contribution in [0, 0.1) is 5.82 Å². The van der Waals surface area contributed by atoms with E-state index in [2.05, 4.69) is 15.6 Å². The molecule has 3 aromatic carbocycles. The van der Waals surface area contributed by atoms with Crippen molar-refractivity contribution in [1.29, 1.82) is 0 Å². The summed E-state index contributed by atoms with van der Waals surface area (Å²) in [6, 6.07) is 22.4. The molecule has 1 atom stereocenters. The zero-order valence-corrected chi connectivity index (χ0v) is 19.3. The van der Waals surface area contributed by atoms with Crippen LogP contribution in [0.3, 0.4) is 0 Å². The van der Waals surface area contributed by atoms with Gasteiger partial charge in [0.2, 0.25) is 5.91 Å². The van der Waals surface area contributed by atoms with Crippen molar-refractivity contribution in [2.75, 3.05) is 10.6 Å². The quantitative estimate of drug-likeness (QED) is 0.306. The number of benzene rings is 3. The maximum absolute atomic E-state index is 13.0. The minimum atomic E-state index is -0.391. The molecule has 4 aromatic rings. The van der Waals surface area contributed by atoms with Crippen LogP contribution in [0.1, 0.15) is 17.3 Å². The smallest absolute Gasteiger partial charge is 0.255 e. The van der Waals surface area contributed by atoms with Crippen molar-refractivity contribution in [2.24, 2.45) is 0 Å². The highest BCUT2D eigenvalue weighted by Crippen LogP contribution is 2.28. The van der Waals surface area contributed by atoms with E-state index in [4.69, 9.17) is 0 Å². The van der Waals surface area contributed by atoms with E-state index >= 15 is 0 Å². The molecule has 166 valence electrons. The Morgan fingerprint density at radius 1 is 0.939 bits per heavy atom. The molecule has 0 spiro atoms. The highest BCUT2D eigenvalue weighted by Gasteiger charge is 2.16. The lowest BCUT2D eigenvalue weighted by Crippen LogP contribution is -2.22. The molecular formula is C25H20FN3O2S2. The van der Waals surface area contributed by atoms with Gasteiger partial charge in [0.05, 0.1) is 10.9 Å². The Bertz CT molecular complexity index is 1240. The molecule has 8 heteroatoms. The monoisotopic (exact) mass is 477 g/mol. The van der Waals surface area contributed by atoms with Crippen molar-refractivity contribution in [2.45, 2.75) is 17.1 Å². The number of carbonyl (C=O) groups excluding carboxylic acids is 2. The van der Waals surface area contributed by atoms with E-state index < -0.39 is 5.82 Å². The fraction of sp³-hybridized carbons (Fsp3) is 0.0800. The minimum absolute atomic E-state index is 0.136. The lowest BCUT2D eigenvalue weighted by Gasteiger charge is -2.11. The summed E-state index contributed by atoms with van der Waals surface area (Å²) >= 11 is 2.80. The van der Waals surface area contributed by atoms with Crippen LogP contribution in [0.2, 0.25) is 0 Å². The van der Waals surface area contributed by atoms with E-state index in [0.717, 1.165) is 16.2 Å². The summed E-state index contributed by atoms with van der Waals surface area (Å²) in [5.41, 5.74) is 2.82. The number of aromatic nitrogens is 1. The summed E-state index contributed by atoms with van der Waals surface area (Å²) in [6.07, 6.45) is 0. The first-order chi connectivity index (χ1) is 16.0. The van der Waals surface area contributed by atoms with Crippen LogP contribution in [-0.4, -0.2) is 22.0 Å². The van der Waals surface area contributed by atoms with Gasteiger partial charge in [0.15, 0.2) is 5.13 Å². The van der Waals surface area contributed by atoms with E-state index in [0.29, 0.717) is 16.4 Å². The molecule has 0 aliphatic rings. The van der Waals surface area contributed by atoms with Gasteiger partial charge in [0.25, 0.3) is 5.91 Å². The number of halogens is 1. The number of nitrogens with zero attached hydrogens (tertiary/aromatic N) is 1. The van der Waals surface area contributed by atoms with Gasteiger partial charge >= 0.3 is 0 Å². The molecule has 0 saturated heterocycles. The second-order valence-electron chi connectivity index (χ2n) is 7.14. The molecule has 4 rings (SSSR count). The van der Waals surface area contributed by atoms with Crippen LogP contribution in [-0.2, 0) is 4.79 Å². The van der Waals surface area contributed by atoms with Gasteiger partial charge in [-0.2, -0.15) is 0 Å². The molecule has 0 aliphatic heterocycles. The van der Waals surface area contributed by atoms with Gasteiger partial charge in [0, 0.05) is 27.1 Å². The fourth-order valence-electron chi connectivity index (χ4n) is 2.96. The van der Waals surface area contributed by atoms with Gasteiger partial charge in [-0.15, -0.1) is 23.1 Å². The average molecular weight is 478 g/mol. The molecule has 2 N–H and O–H groups in total. The van der Waals surface area contributed by atoms with Gasteiger partial charge in [-0.1, -0.05) is 30.3 Å². The van der Waals surface area contributed by atoms with Crippen molar-refractivity contribution >= 4 is 45.7 Å². The first-order valence-electron chi connectivity index (χ1n) is 10.1. The summed E-state index contributed by atoms with van der Waals surface area (Å²) in [5, 5.41) is 7.79. The van der Waals surface area contributed by atoms with E-state index in [9.17, 15) is 14.0 Å². The third-order valence-electron chi connectivity index (χ3n) is 4.70.